The molecule has 1 aliphatic rings. The molecule has 0 aliphatic carbocycles. The van der Waals surface area contributed by atoms with Crippen molar-refractivity contribution in [3.63, 3.8) is 0 Å². The Morgan fingerprint density at radius 1 is 1.35 bits per heavy atom. The molecule has 0 unspecified atom stereocenters. The summed E-state index contributed by atoms with van der Waals surface area (Å²) in [6, 6.07) is 1.70. The third-order valence-corrected chi connectivity index (χ3v) is 6.37. The number of rotatable bonds is 6. The highest BCUT2D eigenvalue weighted by atomic mass is 32.2. The molecule has 0 spiro atoms. The highest BCUT2D eigenvalue weighted by molar-refractivity contribution is 7.93. The summed E-state index contributed by atoms with van der Waals surface area (Å²) in [6.45, 7) is 2.08. The lowest BCUT2D eigenvalue weighted by Gasteiger charge is -2.21. The van der Waals surface area contributed by atoms with Gasteiger partial charge >= 0.3 is 0 Å². The van der Waals surface area contributed by atoms with Crippen LogP contribution in [0.5, 0.6) is 0 Å². The van der Waals surface area contributed by atoms with Crippen LogP contribution in [-0.4, -0.2) is 52.0 Å². The van der Waals surface area contributed by atoms with Crippen molar-refractivity contribution in [2.45, 2.75) is 11.3 Å². The zero-order valence-corrected chi connectivity index (χ0v) is 16.1. The number of benzene rings is 1. The van der Waals surface area contributed by atoms with E-state index in [1.165, 1.54) is 6.20 Å². The monoisotopic (exact) mass is 402 g/mol. The topological polar surface area (TPSA) is 65.5 Å². The van der Waals surface area contributed by atoms with Gasteiger partial charge < -0.3 is 9.80 Å². The number of aromatic nitrogens is 1. The lowest BCUT2D eigenvalue weighted by molar-refractivity contribution is 0.340. The van der Waals surface area contributed by atoms with Crippen molar-refractivity contribution in [1.29, 1.82) is 0 Å². The minimum atomic E-state index is -4.25. The predicted octanol–water partition coefficient (Wildman–Crippen LogP) is 2.61. The molecule has 2 heterocycles. The summed E-state index contributed by atoms with van der Waals surface area (Å²) in [5.74, 6) is -1.37. The van der Waals surface area contributed by atoms with Gasteiger partial charge in [-0.2, -0.15) is 0 Å². The van der Waals surface area contributed by atoms with Gasteiger partial charge in [-0.25, -0.2) is 22.2 Å². The molecule has 1 aromatic heterocycles. The van der Waals surface area contributed by atoms with Gasteiger partial charge in [-0.15, -0.1) is 11.3 Å². The summed E-state index contributed by atoms with van der Waals surface area (Å²) in [5, 5.41) is 1.68. The number of anilines is 2. The van der Waals surface area contributed by atoms with E-state index in [0.29, 0.717) is 19.0 Å². The van der Waals surface area contributed by atoms with Crippen LogP contribution in [0.1, 0.15) is 6.42 Å². The first-order valence-corrected chi connectivity index (χ1v) is 10.4. The summed E-state index contributed by atoms with van der Waals surface area (Å²) >= 11 is 1.05. The molecule has 1 aromatic carbocycles. The number of thiazole rings is 1. The molecule has 0 radical (unpaired) electrons. The molecule has 26 heavy (non-hydrogen) atoms. The van der Waals surface area contributed by atoms with Crippen molar-refractivity contribution in [3.8, 4) is 0 Å². The predicted molar refractivity (Wildman–Crippen MR) is 98.2 cm³/mol. The Morgan fingerprint density at radius 2 is 2.12 bits per heavy atom. The molecule has 2 aromatic rings. The van der Waals surface area contributed by atoms with Crippen molar-refractivity contribution in [2.75, 3.05) is 43.4 Å². The van der Waals surface area contributed by atoms with Crippen LogP contribution in [0.25, 0.3) is 0 Å². The fraction of sp³-hybridized carbons (Fsp3) is 0.438. The van der Waals surface area contributed by atoms with Crippen LogP contribution >= 0.6 is 11.3 Å². The van der Waals surface area contributed by atoms with Crippen molar-refractivity contribution in [1.82, 2.24) is 9.88 Å². The number of nitrogens with zero attached hydrogens (tertiary/aromatic N) is 3. The summed E-state index contributed by atoms with van der Waals surface area (Å²) in [4.78, 5) is 6.89. The quantitative estimate of drug-likeness (QED) is 0.805. The van der Waals surface area contributed by atoms with E-state index in [1.807, 2.05) is 14.1 Å². The highest BCUT2D eigenvalue weighted by Gasteiger charge is 2.28. The zero-order valence-electron chi connectivity index (χ0n) is 14.4. The second-order valence-electron chi connectivity index (χ2n) is 6.54. The third-order valence-electron chi connectivity index (χ3n) is 4.19. The molecule has 1 aliphatic heterocycles. The van der Waals surface area contributed by atoms with E-state index in [9.17, 15) is 17.2 Å². The van der Waals surface area contributed by atoms with Gasteiger partial charge in [0.1, 0.15) is 16.5 Å². The maximum atomic E-state index is 14.6. The molecule has 6 nitrogen and oxygen atoms in total. The maximum Gasteiger partial charge on any atom is 0.266 e. The first-order valence-electron chi connectivity index (χ1n) is 8.07. The van der Waals surface area contributed by atoms with Gasteiger partial charge in [-0.05, 0) is 32.5 Å². The second kappa shape index (κ2) is 7.45. The number of sulfonamides is 1. The molecule has 1 atom stereocenters. The molecule has 3 rings (SSSR count). The Balaban J connectivity index is 1.83. The SMILES string of the molecule is CN(C)C[C@@H]1CCN(c2cc(F)c(S(=O)(=O)Nc3nccs3)cc2F)C1. The Kier molecular flexibility index (Phi) is 5.44. The summed E-state index contributed by atoms with van der Waals surface area (Å²) in [7, 11) is -0.305. The standard InChI is InChI=1S/C16H20F2N4O2S2/c1-21(2)9-11-3-5-22(10-11)14-7-13(18)15(8-12(14)17)26(23,24)20-16-19-4-6-25-16/h4,6-8,11H,3,5,9-10H2,1-2H3,(H,19,20)/t11-/m0/s1. The summed E-state index contributed by atoms with van der Waals surface area (Å²) in [6.07, 6.45) is 2.30. The van der Waals surface area contributed by atoms with E-state index in [2.05, 4.69) is 14.6 Å². The molecule has 142 valence electrons. The Labute approximate surface area is 155 Å². The van der Waals surface area contributed by atoms with Gasteiger partial charge in [0, 0.05) is 37.3 Å². The summed E-state index contributed by atoms with van der Waals surface area (Å²) in [5.41, 5.74) is 0.0944. The van der Waals surface area contributed by atoms with Gasteiger partial charge in [0.05, 0.1) is 5.69 Å². The fourth-order valence-corrected chi connectivity index (χ4v) is 4.99. The molecule has 0 saturated carbocycles. The van der Waals surface area contributed by atoms with E-state index in [1.54, 1.807) is 10.3 Å². The molecular weight excluding hydrogens is 382 g/mol. The average Bonchev–Trinajstić information content (AvgIpc) is 3.20. The van der Waals surface area contributed by atoms with Crippen LogP contribution in [0, 0.1) is 17.6 Å². The van der Waals surface area contributed by atoms with Crippen LogP contribution in [0.4, 0.5) is 19.6 Å². The number of halogens is 2. The first-order chi connectivity index (χ1) is 12.3. The van der Waals surface area contributed by atoms with Crippen LogP contribution in [0.2, 0.25) is 0 Å². The Morgan fingerprint density at radius 3 is 2.77 bits per heavy atom. The lowest BCUT2D eigenvalue weighted by atomic mass is 10.1. The highest BCUT2D eigenvalue weighted by Crippen LogP contribution is 2.31. The maximum absolute atomic E-state index is 14.6. The molecule has 0 bridgehead atoms. The number of hydrogen-bond acceptors (Lipinski definition) is 6. The second-order valence-corrected chi connectivity index (χ2v) is 9.09. The van der Waals surface area contributed by atoms with Crippen molar-refractivity contribution in [3.05, 3.63) is 35.3 Å². The Bertz CT molecular complexity index is 873. The van der Waals surface area contributed by atoms with Crippen LogP contribution in [-0.2, 0) is 10.0 Å². The van der Waals surface area contributed by atoms with Crippen molar-refractivity contribution >= 4 is 32.2 Å². The molecule has 0 amide bonds. The van der Waals surface area contributed by atoms with Crippen LogP contribution in [0.3, 0.4) is 0 Å². The minimum Gasteiger partial charge on any atom is -0.369 e. The third kappa shape index (κ3) is 4.13. The normalized spacial score (nSPS) is 17.9. The Hall–Kier alpha value is -1.78. The number of nitrogens with one attached hydrogen (secondary N) is 1. The van der Waals surface area contributed by atoms with E-state index in [4.69, 9.17) is 0 Å². The fourth-order valence-electron chi connectivity index (χ4n) is 3.13. The molecular formula is C16H20F2N4O2S2. The van der Waals surface area contributed by atoms with Gasteiger partial charge in [-0.1, -0.05) is 0 Å². The zero-order chi connectivity index (χ0) is 18.9. The van der Waals surface area contributed by atoms with Crippen LogP contribution in [0.15, 0.2) is 28.6 Å². The molecule has 1 N–H and O–H groups in total. The van der Waals surface area contributed by atoms with Crippen molar-refractivity contribution < 1.29 is 17.2 Å². The summed E-state index contributed by atoms with van der Waals surface area (Å²) < 4.78 is 55.8. The van der Waals surface area contributed by atoms with Gasteiger partial charge in [0.2, 0.25) is 0 Å². The van der Waals surface area contributed by atoms with E-state index in [-0.39, 0.29) is 10.8 Å². The van der Waals surface area contributed by atoms with Gasteiger partial charge in [-0.3, -0.25) is 4.72 Å². The molecule has 1 saturated heterocycles. The van der Waals surface area contributed by atoms with E-state index in [0.717, 1.165) is 36.4 Å². The van der Waals surface area contributed by atoms with Crippen LogP contribution < -0.4 is 9.62 Å². The molecule has 10 heteroatoms. The minimum absolute atomic E-state index is 0.0944. The largest absolute Gasteiger partial charge is 0.369 e. The first kappa shape index (κ1) is 19.0. The lowest BCUT2D eigenvalue weighted by Crippen LogP contribution is -2.26. The van der Waals surface area contributed by atoms with E-state index >= 15 is 0 Å². The number of hydrogen-bond donors (Lipinski definition) is 1. The molecule has 1 fully saturated rings. The average molecular weight is 402 g/mol. The van der Waals surface area contributed by atoms with E-state index < -0.39 is 26.6 Å². The smallest absolute Gasteiger partial charge is 0.266 e. The van der Waals surface area contributed by atoms with Gasteiger partial charge in [0.15, 0.2) is 5.13 Å². The van der Waals surface area contributed by atoms with Crippen molar-refractivity contribution in [2.24, 2.45) is 5.92 Å². The van der Waals surface area contributed by atoms with Gasteiger partial charge in [0.25, 0.3) is 10.0 Å².